The topological polar surface area (TPSA) is 98.2 Å². The van der Waals surface area contributed by atoms with E-state index in [1.165, 1.54) is 30.5 Å². The van der Waals surface area contributed by atoms with Crippen LogP contribution in [0.1, 0.15) is 12.5 Å². The van der Waals surface area contributed by atoms with Crippen molar-refractivity contribution in [2.45, 2.75) is 12.5 Å². The van der Waals surface area contributed by atoms with Crippen molar-refractivity contribution < 1.29 is 12.8 Å². The van der Waals surface area contributed by atoms with Gasteiger partial charge in [-0.25, -0.2) is 22.1 Å². The highest BCUT2D eigenvalue weighted by atomic mass is 32.2. The average molecular weight is 446 g/mol. The molecule has 1 aliphatic rings. The fourth-order valence-corrected chi connectivity index (χ4v) is 5.51. The number of hydrogen-bond donors (Lipinski definition) is 3. The second kappa shape index (κ2) is 7.37. The molecule has 30 heavy (non-hydrogen) atoms. The monoisotopic (exact) mass is 445 g/mol. The van der Waals surface area contributed by atoms with Crippen molar-refractivity contribution >= 4 is 38.1 Å². The maximum atomic E-state index is 13.1. The molecule has 0 bridgehead atoms. The van der Waals surface area contributed by atoms with Gasteiger partial charge in [0.15, 0.2) is 5.13 Å². The molecular formula is C20H20FN5O2S2. The van der Waals surface area contributed by atoms with Gasteiger partial charge in [0.25, 0.3) is 0 Å². The smallest absolute Gasteiger partial charge is 0.239 e. The lowest BCUT2D eigenvalue weighted by atomic mass is 9.93. The zero-order chi connectivity index (χ0) is 21.5. The third-order valence-corrected chi connectivity index (χ3v) is 7.71. The van der Waals surface area contributed by atoms with E-state index >= 15 is 0 Å². The minimum absolute atomic E-state index is 0.158. The Kier molecular flexibility index (Phi) is 4.99. The standard InChI is InChI=1S/C20H20FN5O2S2/c1-20(12-30(27,28)26(2)18(22)25-20)14-4-3-5-16(10-14)23-19-24-17(11-29-19)13-6-8-15(21)9-7-13/h3-11H,12H2,1-2H3,(H2,22,25)(H,23,24)/t20-/m0/s1. The Bertz CT molecular complexity index is 1210. The van der Waals surface area contributed by atoms with Gasteiger partial charge in [-0.15, -0.1) is 11.3 Å². The first-order valence-electron chi connectivity index (χ1n) is 9.09. The first-order chi connectivity index (χ1) is 14.2. The molecule has 3 aromatic rings. The molecule has 0 saturated carbocycles. The summed E-state index contributed by atoms with van der Waals surface area (Å²) in [4.78, 5) is 4.54. The summed E-state index contributed by atoms with van der Waals surface area (Å²) in [5.74, 6) is -0.616. The van der Waals surface area contributed by atoms with Gasteiger partial charge >= 0.3 is 0 Å². The highest BCUT2D eigenvalue weighted by Crippen LogP contribution is 2.31. The molecule has 4 rings (SSSR count). The molecule has 2 aromatic carbocycles. The maximum absolute atomic E-state index is 13.1. The van der Waals surface area contributed by atoms with Crippen molar-refractivity contribution in [3.05, 3.63) is 65.3 Å². The van der Waals surface area contributed by atoms with E-state index in [0.29, 0.717) is 5.13 Å². The zero-order valence-electron chi connectivity index (χ0n) is 16.3. The Balaban J connectivity index is 1.57. The van der Waals surface area contributed by atoms with Crippen molar-refractivity contribution in [1.29, 1.82) is 5.41 Å². The highest BCUT2D eigenvalue weighted by molar-refractivity contribution is 7.89. The maximum Gasteiger partial charge on any atom is 0.239 e. The van der Waals surface area contributed by atoms with Crippen LogP contribution >= 0.6 is 11.3 Å². The van der Waals surface area contributed by atoms with Crippen LogP contribution in [-0.4, -0.2) is 36.5 Å². The van der Waals surface area contributed by atoms with Crippen molar-refractivity contribution in [3.63, 3.8) is 0 Å². The number of thiazole rings is 1. The van der Waals surface area contributed by atoms with Crippen LogP contribution in [0.4, 0.5) is 15.2 Å². The Hall–Kier alpha value is -2.98. The van der Waals surface area contributed by atoms with Gasteiger partial charge in [0.2, 0.25) is 16.0 Å². The number of nitrogens with one attached hydrogen (secondary N) is 3. The third kappa shape index (κ3) is 3.88. The number of sulfonamides is 1. The van der Waals surface area contributed by atoms with Crippen molar-refractivity contribution in [3.8, 4) is 11.3 Å². The zero-order valence-corrected chi connectivity index (χ0v) is 17.9. The van der Waals surface area contributed by atoms with Crippen LogP contribution < -0.4 is 10.6 Å². The van der Waals surface area contributed by atoms with Gasteiger partial charge in [0.1, 0.15) is 5.82 Å². The fraction of sp³-hybridized carbons (Fsp3) is 0.200. The summed E-state index contributed by atoms with van der Waals surface area (Å²) in [5, 5.41) is 16.7. The lowest BCUT2D eigenvalue weighted by Gasteiger charge is -2.40. The lowest BCUT2D eigenvalue weighted by Crippen LogP contribution is -2.60. The van der Waals surface area contributed by atoms with Crippen LogP contribution in [0.5, 0.6) is 0 Å². The summed E-state index contributed by atoms with van der Waals surface area (Å²) >= 11 is 1.42. The van der Waals surface area contributed by atoms with Crippen LogP contribution in [0.15, 0.2) is 53.9 Å². The van der Waals surface area contributed by atoms with E-state index in [1.54, 1.807) is 19.1 Å². The molecule has 1 saturated heterocycles. The Morgan fingerprint density at radius 3 is 2.70 bits per heavy atom. The number of guanidine groups is 1. The molecule has 1 aromatic heterocycles. The van der Waals surface area contributed by atoms with E-state index in [9.17, 15) is 12.8 Å². The summed E-state index contributed by atoms with van der Waals surface area (Å²) in [5.41, 5.74) is 2.12. The second-order valence-electron chi connectivity index (χ2n) is 7.28. The van der Waals surface area contributed by atoms with Gasteiger partial charge < -0.3 is 10.6 Å². The quantitative estimate of drug-likeness (QED) is 0.569. The van der Waals surface area contributed by atoms with Gasteiger partial charge in [0.05, 0.1) is 17.0 Å². The molecule has 0 unspecified atom stereocenters. The predicted molar refractivity (Wildman–Crippen MR) is 117 cm³/mol. The molecule has 0 amide bonds. The number of hydrogen-bond acceptors (Lipinski definition) is 6. The van der Waals surface area contributed by atoms with E-state index in [0.717, 1.165) is 26.8 Å². The molecule has 7 nitrogen and oxygen atoms in total. The molecule has 0 aliphatic carbocycles. The molecule has 1 aliphatic heterocycles. The first kappa shape index (κ1) is 20.3. The Labute approximate surface area is 178 Å². The van der Waals surface area contributed by atoms with E-state index in [2.05, 4.69) is 15.6 Å². The molecule has 1 atom stereocenters. The molecule has 2 heterocycles. The number of halogens is 1. The SMILES string of the molecule is CN1C(=N)N[C@](C)(c2cccc(Nc3nc(-c4ccc(F)cc4)cs3)c2)CS1(=O)=O. The van der Waals surface area contributed by atoms with Crippen LogP contribution in [-0.2, 0) is 15.6 Å². The molecular weight excluding hydrogens is 425 g/mol. The van der Waals surface area contributed by atoms with Crippen LogP contribution in [0.25, 0.3) is 11.3 Å². The van der Waals surface area contributed by atoms with E-state index in [4.69, 9.17) is 5.41 Å². The second-order valence-corrected chi connectivity index (χ2v) is 10.1. The van der Waals surface area contributed by atoms with Crippen molar-refractivity contribution in [1.82, 2.24) is 14.6 Å². The summed E-state index contributed by atoms with van der Waals surface area (Å²) < 4.78 is 38.9. The Morgan fingerprint density at radius 2 is 2.00 bits per heavy atom. The van der Waals surface area contributed by atoms with E-state index < -0.39 is 15.6 Å². The summed E-state index contributed by atoms with van der Waals surface area (Å²) in [6.45, 7) is 1.77. The molecule has 1 fully saturated rings. The number of nitrogens with zero attached hydrogens (tertiary/aromatic N) is 2. The number of aromatic nitrogens is 1. The number of anilines is 2. The molecule has 0 spiro atoms. The Morgan fingerprint density at radius 1 is 1.27 bits per heavy atom. The molecule has 0 radical (unpaired) electrons. The number of rotatable bonds is 4. The van der Waals surface area contributed by atoms with Crippen molar-refractivity contribution in [2.75, 3.05) is 18.1 Å². The summed E-state index contributed by atoms with van der Waals surface area (Å²) in [7, 11) is -2.22. The normalized spacial score (nSPS) is 20.6. The highest BCUT2D eigenvalue weighted by Gasteiger charge is 2.41. The molecule has 156 valence electrons. The molecule has 10 heteroatoms. The summed E-state index contributed by atoms with van der Waals surface area (Å²) in [6.07, 6.45) is 0. The van der Waals surface area contributed by atoms with Gasteiger partial charge in [-0.1, -0.05) is 12.1 Å². The van der Waals surface area contributed by atoms with Crippen LogP contribution in [0.3, 0.4) is 0 Å². The van der Waals surface area contributed by atoms with Crippen molar-refractivity contribution in [2.24, 2.45) is 0 Å². The first-order valence-corrected chi connectivity index (χ1v) is 11.6. The van der Waals surface area contributed by atoms with Crippen LogP contribution in [0, 0.1) is 11.2 Å². The average Bonchev–Trinajstić information content (AvgIpc) is 3.15. The van der Waals surface area contributed by atoms with Crippen LogP contribution in [0.2, 0.25) is 0 Å². The number of benzene rings is 2. The third-order valence-electron chi connectivity index (χ3n) is 4.99. The van der Waals surface area contributed by atoms with E-state index in [-0.39, 0.29) is 17.5 Å². The largest absolute Gasteiger partial charge is 0.345 e. The van der Waals surface area contributed by atoms with Gasteiger partial charge in [-0.2, -0.15) is 0 Å². The van der Waals surface area contributed by atoms with Gasteiger partial charge in [0, 0.05) is 23.7 Å². The summed E-state index contributed by atoms with van der Waals surface area (Å²) in [6, 6.07) is 13.5. The van der Waals surface area contributed by atoms with E-state index in [1.807, 2.05) is 29.6 Å². The minimum Gasteiger partial charge on any atom is -0.345 e. The minimum atomic E-state index is -3.58. The predicted octanol–water partition coefficient (Wildman–Crippen LogP) is 3.71. The fourth-order valence-electron chi connectivity index (χ4n) is 3.28. The van der Waals surface area contributed by atoms with Gasteiger partial charge in [-0.3, -0.25) is 5.41 Å². The molecule has 3 N–H and O–H groups in total. The lowest BCUT2D eigenvalue weighted by molar-refractivity contribution is 0.418. The van der Waals surface area contributed by atoms with Gasteiger partial charge in [-0.05, 0) is 48.9 Å².